The Morgan fingerprint density at radius 2 is 1.70 bits per heavy atom. The molecule has 9 nitrogen and oxygen atoms in total. The van der Waals surface area contributed by atoms with E-state index in [0.29, 0.717) is 5.13 Å². The molecule has 2 amide bonds. The molecule has 1 aromatic heterocycles. The molecular weight excluding hydrogens is 485 g/mol. The van der Waals surface area contributed by atoms with Crippen LogP contribution in [0.25, 0.3) is 0 Å². The van der Waals surface area contributed by atoms with Crippen molar-refractivity contribution >= 4 is 64.7 Å². The van der Waals surface area contributed by atoms with Crippen molar-refractivity contribution < 1.29 is 9.59 Å². The Morgan fingerprint density at radius 1 is 1.06 bits per heavy atom. The molecule has 33 heavy (non-hydrogen) atoms. The van der Waals surface area contributed by atoms with Gasteiger partial charge in [-0.25, -0.2) is 9.98 Å². The molecule has 1 fully saturated rings. The highest BCUT2D eigenvalue weighted by molar-refractivity contribution is 7.15. The van der Waals surface area contributed by atoms with Gasteiger partial charge in [-0.05, 0) is 30.5 Å². The number of amides is 2. The van der Waals surface area contributed by atoms with Gasteiger partial charge < -0.3 is 21.7 Å². The smallest absolute Gasteiger partial charge is 0.223 e. The molecule has 0 unspecified atom stereocenters. The Balaban J connectivity index is 0.00000272. The third kappa shape index (κ3) is 8.81. The summed E-state index contributed by atoms with van der Waals surface area (Å²) >= 11 is 1.52. The van der Waals surface area contributed by atoms with Crippen LogP contribution in [-0.4, -0.2) is 58.7 Å². The zero-order valence-corrected chi connectivity index (χ0v) is 21.2. The molecule has 182 valence electrons. The van der Waals surface area contributed by atoms with Crippen molar-refractivity contribution in [3.8, 4) is 0 Å². The largest absolute Gasteiger partial charge is 0.370 e. The number of rotatable bonds is 7. The number of aryl methyl sites for hydroxylation is 2. The lowest BCUT2D eigenvalue weighted by atomic mass is 10.1. The molecule has 0 spiro atoms. The average molecular weight is 516 g/mol. The second-order valence-electron chi connectivity index (χ2n) is 7.56. The van der Waals surface area contributed by atoms with Gasteiger partial charge in [-0.3, -0.25) is 14.5 Å². The number of thiazole rings is 1. The molecule has 0 aliphatic carbocycles. The number of nitrogens with zero attached hydrogens (tertiary/aromatic N) is 4. The van der Waals surface area contributed by atoms with Crippen LogP contribution >= 0.6 is 36.2 Å². The summed E-state index contributed by atoms with van der Waals surface area (Å²) in [7, 11) is 0. The first-order chi connectivity index (χ1) is 14.8. The second kappa shape index (κ2) is 13.3. The molecule has 3 rings (SSSR count). The van der Waals surface area contributed by atoms with Crippen LogP contribution in [0.4, 0.5) is 10.8 Å². The van der Waals surface area contributed by atoms with E-state index in [2.05, 4.69) is 20.2 Å². The minimum atomic E-state index is -0.128. The number of piperazine rings is 1. The van der Waals surface area contributed by atoms with E-state index in [4.69, 9.17) is 11.5 Å². The van der Waals surface area contributed by atoms with E-state index in [-0.39, 0.29) is 42.6 Å². The fourth-order valence-electron chi connectivity index (χ4n) is 3.48. The lowest BCUT2D eigenvalue weighted by Gasteiger charge is -2.34. The van der Waals surface area contributed by atoms with Crippen LogP contribution in [0.1, 0.15) is 30.0 Å². The van der Waals surface area contributed by atoms with Gasteiger partial charge in [0.2, 0.25) is 11.8 Å². The van der Waals surface area contributed by atoms with Crippen LogP contribution in [-0.2, 0) is 29.0 Å². The first-order valence-corrected chi connectivity index (χ1v) is 11.0. The Kier molecular flexibility index (Phi) is 11.6. The van der Waals surface area contributed by atoms with Crippen molar-refractivity contribution in [1.29, 1.82) is 0 Å². The molecule has 1 aliphatic rings. The van der Waals surface area contributed by atoms with Gasteiger partial charge in [0, 0.05) is 51.4 Å². The van der Waals surface area contributed by atoms with Crippen molar-refractivity contribution in [3.63, 3.8) is 0 Å². The molecule has 2 heterocycles. The predicted molar refractivity (Wildman–Crippen MR) is 138 cm³/mol. The number of hydrogen-bond acceptors (Lipinski definition) is 6. The summed E-state index contributed by atoms with van der Waals surface area (Å²) in [6, 6.07) is 7.77. The molecule has 1 saturated heterocycles. The minimum absolute atomic E-state index is 0. The number of aliphatic imine (C=N–C) groups is 1. The predicted octanol–water partition coefficient (Wildman–Crippen LogP) is 2.30. The van der Waals surface area contributed by atoms with Crippen LogP contribution in [0, 0.1) is 0 Å². The quantitative estimate of drug-likeness (QED) is 0.383. The topological polar surface area (TPSA) is 130 Å². The van der Waals surface area contributed by atoms with Gasteiger partial charge in [0.25, 0.3) is 0 Å². The molecule has 0 atom stereocenters. The standard InChI is InChI=1S/C21H29N7O2S.2ClH/c1-14(29)24-21-26-18(8-5-16-3-6-17(7-4-16)25-20(22)23)19(31-21)13-27-9-11-28(12-10-27)15(2)30;;/h3-4,6-7H,5,8-13H2,1-2H3,(H4,22,23,25)(H,24,26,29);2*1H. The van der Waals surface area contributed by atoms with Gasteiger partial charge in [-0.2, -0.15) is 0 Å². The number of nitrogens with one attached hydrogen (secondary N) is 1. The van der Waals surface area contributed by atoms with Crippen molar-refractivity contribution in [2.45, 2.75) is 33.2 Å². The Morgan fingerprint density at radius 3 is 2.24 bits per heavy atom. The van der Waals surface area contributed by atoms with Gasteiger partial charge in [0.15, 0.2) is 11.1 Å². The zero-order chi connectivity index (χ0) is 22.4. The van der Waals surface area contributed by atoms with Crippen LogP contribution in [0.2, 0.25) is 0 Å². The molecule has 0 bridgehead atoms. The number of carbonyl (C=O) groups excluding carboxylic acids is 2. The fraction of sp³-hybridized carbons (Fsp3) is 0.429. The van der Waals surface area contributed by atoms with Crippen LogP contribution in [0.3, 0.4) is 0 Å². The van der Waals surface area contributed by atoms with Crippen LogP contribution in [0.15, 0.2) is 29.3 Å². The third-order valence-electron chi connectivity index (χ3n) is 5.09. The normalized spacial score (nSPS) is 13.5. The molecule has 0 saturated carbocycles. The number of guanidine groups is 1. The lowest BCUT2D eigenvalue weighted by molar-refractivity contribution is -0.130. The van der Waals surface area contributed by atoms with E-state index < -0.39 is 0 Å². The van der Waals surface area contributed by atoms with Crippen LogP contribution in [0.5, 0.6) is 0 Å². The molecule has 2 aromatic rings. The summed E-state index contributed by atoms with van der Waals surface area (Å²) < 4.78 is 0. The van der Waals surface area contributed by atoms with Crippen molar-refractivity contribution in [2.75, 3.05) is 31.5 Å². The van der Waals surface area contributed by atoms with E-state index in [1.165, 1.54) is 18.3 Å². The first-order valence-electron chi connectivity index (χ1n) is 10.2. The number of benzene rings is 1. The molecule has 1 aliphatic heterocycles. The van der Waals surface area contributed by atoms with E-state index in [1.54, 1.807) is 6.92 Å². The maximum absolute atomic E-state index is 11.6. The van der Waals surface area contributed by atoms with Gasteiger partial charge in [0.1, 0.15) is 0 Å². The number of hydrogen-bond donors (Lipinski definition) is 3. The SMILES string of the molecule is CC(=O)Nc1nc(CCc2ccc(N=C(N)N)cc2)c(CN2CCN(C(C)=O)CC2)s1.Cl.Cl. The average Bonchev–Trinajstić information content (AvgIpc) is 3.07. The van der Waals surface area contributed by atoms with Gasteiger partial charge in [0.05, 0.1) is 11.4 Å². The van der Waals surface area contributed by atoms with Gasteiger partial charge in [-0.15, -0.1) is 36.2 Å². The summed E-state index contributed by atoms with van der Waals surface area (Å²) in [6.07, 6.45) is 1.58. The lowest BCUT2D eigenvalue weighted by Crippen LogP contribution is -2.47. The number of halogens is 2. The van der Waals surface area contributed by atoms with Crippen molar-refractivity contribution in [3.05, 3.63) is 40.4 Å². The van der Waals surface area contributed by atoms with E-state index in [0.717, 1.165) is 67.4 Å². The fourth-order valence-corrected chi connectivity index (χ4v) is 4.58. The van der Waals surface area contributed by atoms with E-state index in [1.807, 2.05) is 29.2 Å². The van der Waals surface area contributed by atoms with Crippen LogP contribution < -0.4 is 16.8 Å². The van der Waals surface area contributed by atoms with Gasteiger partial charge in [-0.1, -0.05) is 12.1 Å². The second-order valence-corrected chi connectivity index (χ2v) is 8.64. The number of anilines is 1. The summed E-state index contributed by atoms with van der Waals surface area (Å²) in [5, 5.41) is 3.44. The molecule has 5 N–H and O–H groups in total. The summed E-state index contributed by atoms with van der Waals surface area (Å²) in [5.74, 6) is 0.0312. The third-order valence-corrected chi connectivity index (χ3v) is 6.09. The van der Waals surface area contributed by atoms with Crippen molar-refractivity contribution in [1.82, 2.24) is 14.8 Å². The summed E-state index contributed by atoms with van der Waals surface area (Å²) in [5.41, 5.74) is 13.7. The van der Waals surface area contributed by atoms with E-state index in [9.17, 15) is 9.59 Å². The highest BCUT2D eigenvalue weighted by Crippen LogP contribution is 2.26. The minimum Gasteiger partial charge on any atom is -0.370 e. The van der Waals surface area contributed by atoms with Crippen molar-refractivity contribution in [2.24, 2.45) is 16.5 Å². The Bertz CT molecular complexity index is 954. The summed E-state index contributed by atoms with van der Waals surface area (Å²) in [4.78, 5) is 37.1. The summed E-state index contributed by atoms with van der Waals surface area (Å²) in [6.45, 7) is 7.01. The number of nitrogens with two attached hydrogens (primary N) is 2. The number of carbonyl (C=O) groups is 2. The van der Waals surface area contributed by atoms with Gasteiger partial charge >= 0.3 is 0 Å². The first kappa shape index (κ1) is 28.6. The molecule has 1 aromatic carbocycles. The maximum Gasteiger partial charge on any atom is 0.223 e. The molecular formula is C21H31Cl2N7O2S. The Hall–Kier alpha value is -2.40. The Labute approximate surface area is 210 Å². The maximum atomic E-state index is 11.6. The molecule has 0 radical (unpaired) electrons. The zero-order valence-electron chi connectivity index (χ0n) is 18.7. The monoisotopic (exact) mass is 515 g/mol. The molecule has 12 heteroatoms. The highest BCUT2D eigenvalue weighted by Gasteiger charge is 2.21. The highest BCUT2D eigenvalue weighted by atomic mass is 35.5. The van der Waals surface area contributed by atoms with E-state index >= 15 is 0 Å². The number of aromatic nitrogens is 1.